The van der Waals surface area contributed by atoms with Gasteiger partial charge >= 0.3 is 6.61 Å². The smallest absolute Gasteiger partial charge is 0.387 e. The molecular formula is C16H23ClF2N2O2. The van der Waals surface area contributed by atoms with Gasteiger partial charge in [0.05, 0.1) is 0 Å². The molecule has 7 heteroatoms. The molecule has 130 valence electrons. The summed E-state index contributed by atoms with van der Waals surface area (Å²) in [7, 11) is 1.90. The second-order valence-corrected chi connectivity index (χ2v) is 5.78. The normalized spacial score (nSPS) is 17.3. The molecule has 23 heavy (non-hydrogen) atoms. The highest BCUT2D eigenvalue weighted by Crippen LogP contribution is 2.28. The third kappa shape index (κ3) is 4.78. The van der Waals surface area contributed by atoms with Gasteiger partial charge in [0.2, 0.25) is 0 Å². The summed E-state index contributed by atoms with van der Waals surface area (Å²) in [4.78, 5) is 14.4. The summed E-state index contributed by atoms with van der Waals surface area (Å²) < 4.78 is 29.3. The van der Waals surface area contributed by atoms with Crippen LogP contribution in [0.4, 0.5) is 8.78 Å². The van der Waals surface area contributed by atoms with Gasteiger partial charge in [-0.2, -0.15) is 8.78 Å². The first kappa shape index (κ1) is 19.6. The fraction of sp³-hybridized carbons (Fsp3) is 0.562. The first-order valence-electron chi connectivity index (χ1n) is 7.42. The number of carbonyl (C=O) groups is 1. The van der Waals surface area contributed by atoms with Crippen LogP contribution in [0.25, 0.3) is 0 Å². The van der Waals surface area contributed by atoms with E-state index in [9.17, 15) is 13.6 Å². The van der Waals surface area contributed by atoms with Crippen molar-refractivity contribution in [1.29, 1.82) is 0 Å². The molecular weight excluding hydrogens is 326 g/mol. The van der Waals surface area contributed by atoms with Crippen LogP contribution in [0.1, 0.15) is 27.9 Å². The third-order valence-electron chi connectivity index (χ3n) is 3.98. The molecule has 1 aromatic rings. The number of likely N-dealkylation sites (tertiary alicyclic amines) is 1. The summed E-state index contributed by atoms with van der Waals surface area (Å²) in [5.41, 5.74) is 1.63. The Morgan fingerprint density at radius 1 is 1.39 bits per heavy atom. The number of hydrogen-bond donors (Lipinski definition) is 1. The minimum atomic E-state index is -2.86. The molecule has 1 aliphatic heterocycles. The molecule has 0 saturated carbocycles. The number of alkyl halides is 2. The number of carbonyl (C=O) groups excluding carboxylic acids is 1. The zero-order valence-electron chi connectivity index (χ0n) is 13.6. The van der Waals surface area contributed by atoms with Crippen molar-refractivity contribution >= 4 is 18.3 Å². The van der Waals surface area contributed by atoms with Crippen LogP contribution < -0.4 is 10.1 Å². The maximum absolute atomic E-state index is 12.6. The SMILES string of the molecule is CNCC1CCN(C(=O)c2cc(C)c(OC(F)F)c(C)c2)C1.Cl. The number of nitrogens with one attached hydrogen (secondary N) is 1. The van der Waals surface area contributed by atoms with Crippen LogP contribution in [-0.2, 0) is 0 Å². The van der Waals surface area contributed by atoms with E-state index in [0.29, 0.717) is 22.6 Å². The Bertz CT molecular complexity index is 532. The highest BCUT2D eigenvalue weighted by atomic mass is 35.5. The maximum atomic E-state index is 12.6. The van der Waals surface area contributed by atoms with Crippen LogP contribution >= 0.6 is 12.4 Å². The third-order valence-corrected chi connectivity index (χ3v) is 3.98. The molecule has 1 amide bonds. The maximum Gasteiger partial charge on any atom is 0.387 e. The molecule has 1 fully saturated rings. The summed E-state index contributed by atoms with van der Waals surface area (Å²) in [6, 6.07) is 3.25. The summed E-state index contributed by atoms with van der Waals surface area (Å²) in [6.45, 7) is 2.85. The Hall–Kier alpha value is -1.40. The van der Waals surface area contributed by atoms with Gasteiger partial charge in [-0.1, -0.05) is 0 Å². The second kappa shape index (κ2) is 8.45. The first-order chi connectivity index (χ1) is 10.4. The number of aryl methyl sites for hydroxylation is 2. The van der Waals surface area contributed by atoms with Crippen LogP contribution in [0, 0.1) is 19.8 Å². The Balaban J connectivity index is 0.00000264. The number of halogens is 3. The largest absolute Gasteiger partial charge is 0.434 e. The van der Waals surface area contributed by atoms with Gasteiger partial charge in [-0.3, -0.25) is 4.79 Å². The van der Waals surface area contributed by atoms with Gasteiger partial charge in [-0.25, -0.2) is 0 Å². The number of ether oxygens (including phenoxy) is 1. The molecule has 1 aromatic carbocycles. The van der Waals surface area contributed by atoms with Crippen molar-refractivity contribution in [2.75, 3.05) is 26.7 Å². The Morgan fingerprint density at radius 3 is 2.52 bits per heavy atom. The van der Waals surface area contributed by atoms with Crippen molar-refractivity contribution in [3.8, 4) is 5.75 Å². The number of nitrogens with zero attached hydrogens (tertiary/aromatic N) is 1. The van der Waals surface area contributed by atoms with Crippen molar-refractivity contribution in [3.05, 3.63) is 28.8 Å². The number of hydrogen-bond acceptors (Lipinski definition) is 3. The average molecular weight is 349 g/mol. The molecule has 0 bridgehead atoms. The van der Waals surface area contributed by atoms with Gasteiger partial charge in [0.1, 0.15) is 5.75 Å². The van der Waals surface area contributed by atoms with E-state index < -0.39 is 6.61 Å². The van der Waals surface area contributed by atoms with Gasteiger partial charge in [0.25, 0.3) is 5.91 Å². The topological polar surface area (TPSA) is 41.6 Å². The molecule has 0 aliphatic carbocycles. The van der Waals surface area contributed by atoms with Crippen molar-refractivity contribution in [1.82, 2.24) is 10.2 Å². The Kier molecular flexibility index (Phi) is 7.22. The molecule has 2 rings (SSSR count). The molecule has 1 aliphatic rings. The molecule has 4 nitrogen and oxygen atoms in total. The van der Waals surface area contributed by atoms with Crippen molar-refractivity contribution in [3.63, 3.8) is 0 Å². The molecule has 0 aromatic heterocycles. The second-order valence-electron chi connectivity index (χ2n) is 5.78. The lowest BCUT2D eigenvalue weighted by molar-refractivity contribution is -0.0507. The number of amides is 1. The van der Waals surface area contributed by atoms with Gasteiger partial charge in [-0.15, -0.1) is 12.4 Å². The summed E-state index contributed by atoms with van der Waals surface area (Å²) in [6.07, 6.45) is 0.983. The monoisotopic (exact) mass is 348 g/mol. The number of rotatable bonds is 5. The minimum absolute atomic E-state index is 0. The minimum Gasteiger partial charge on any atom is -0.434 e. The first-order valence-corrected chi connectivity index (χ1v) is 7.42. The van der Waals surface area contributed by atoms with Crippen LogP contribution in [0.2, 0.25) is 0 Å². The van der Waals surface area contributed by atoms with E-state index in [0.717, 1.165) is 26.1 Å². The molecule has 1 N–H and O–H groups in total. The van der Waals surface area contributed by atoms with Crippen LogP contribution in [0.15, 0.2) is 12.1 Å². The molecule has 1 unspecified atom stereocenters. The predicted octanol–water partition coefficient (Wildman–Crippen LogP) is 3.01. The predicted molar refractivity (Wildman–Crippen MR) is 87.7 cm³/mol. The van der Waals surface area contributed by atoms with Crippen LogP contribution in [0.5, 0.6) is 5.75 Å². The summed E-state index contributed by atoms with van der Waals surface area (Å²) in [5.74, 6) is 0.576. The average Bonchev–Trinajstić information content (AvgIpc) is 2.90. The lowest BCUT2D eigenvalue weighted by Crippen LogP contribution is -2.30. The highest BCUT2D eigenvalue weighted by Gasteiger charge is 2.27. The van der Waals surface area contributed by atoms with Crippen molar-refractivity contribution in [2.24, 2.45) is 5.92 Å². The van der Waals surface area contributed by atoms with Crippen molar-refractivity contribution < 1.29 is 18.3 Å². The zero-order chi connectivity index (χ0) is 16.3. The molecule has 1 saturated heterocycles. The standard InChI is InChI=1S/C16H22F2N2O2.ClH/c1-10-6-13(7-11(2)14(10)22-16(17)18)15(21)20-5-4-12(9-20)8-19-3;/h6-7,12,16,19H,4-5,8-9H2,1-3H3;1H. The van der Waals surface area contributed by atoms with Crippen LogP contribution in [0.3, 0.4) is 0 Å². The Morgan fingerprint density at radius 2 is 2.00 bits per heavy atom. The fourth-order valence-corrected chi connectivity index (χ4v) is 3.00. The van der Waals surface area contributed by atoms with E-state index in [1.165, 1.54) is 0 Å². The molecule has 0 radical (unpaired) electrons. The molecule has 0 spiro atoms. The van der Waals surface area contributed by atoms with E-state index in [4.69, 9.17) is 0 Å². The fourth-order valence-electron chi connectivity index (χ4n) is 3.00. The Labute approximate surface area is 141 Å². The van der Waals surface area contributed by atoms with E-state index in [1.807, 2.05) is 11.9 Å². The van der Waals surface area contributed by atoms with E-state index in [2.05, 4.69) is 10.1 Å². The zero-order valence-corrected chi connectivity index (χ0v) is 14.4. The summed E-state index contributed by atoms with van der Waals surface area (Å²) >= 11 is 0. The quantitative estimate of drug-likeness (QED) is 0.889. The van der Waals surface area contributed by atoms with Gasteiger partial charge in [0, 0.05) is 18.7 Å². The van der Waals surface area contributed by atoms with Gasteiger partial charge in [0.15, 0.2) is 0 Å². The lowest BCUT2D eigenvalue weighted by Gasteiger charge is -2.19. The molecule has 1 heterocycles. The number of benzene rings is 1. The van der Waals surface area contributed by atoms with Gasteiger partial charge < -0.3 is 15.0 Å². The highest BCUT2D eigenvalue weighted by molar-refractivity contribution is 5.95. The van der Waals surface area contributed by atoms with E-state index in [1.54, 1.807) is 26.0 Å². The summed E-state index contributed by atoms with van der Waals surface area (Å²) in [5, 5.41) is 3.13. The van der Waals surface area contributed by atoms with Gasteiger partial charge in [-0.05, 0) is 63.0 Å². The van der Waals surface area contributed by atoms with E-state index in [-0.39, 0.29) is 24.1 Å². The van der Waals surface area contributed by atoms with Crippen LogP contribution in [-0.4, -0.2) is 44.1 Å². The van der Waals surface area contributed by atoms with E-state index >= 15 is 0 Å². The van der Waals surface area contributed by atoms with Crippen molar-refractivity contribution in [2.45, 2.75) is 26.9 Å². The lowest BCUT2D eigenvalue weighted by atomic mass is 10.0. The molecule has 1 atom stereocenters.